The van der Waals surface area contributed by atoms with Gasteiger partial charge in [0.2, 0.25) is 10.0 Å². The van der Waals surface area contributed by atoms with Crippen molar-refractivity contribution in [1.29, 1.82) is 0 Å². The van der Waals surface area contributed by atoms with Gasteiger partial charge in [-0.15, -0.1) is 12.4 Å². The number of ether oxygens (including phenoxy) is 1. The predicted molar refractivity (Wildman–Crippen MR) is 93.1 cm³/mol. The molecule has 0 aliphatic heterocycles. The molecular formula is C14H22BrClN2O3S. The fourth-order valence-corrected chi connectivity index (χ4v) is 4.81. The van der Waals surface area contributed by atoms with Crippen LogP contribution in [0.2, 0.25) is 0 Å². The van der Waals surface area contributed by atoms with E-state index in [9.17, 15) is 8.42 Å². The largest absolute Gasteiger partial charge is 0.496 e. The SMILES string of the molecule is COc1ccc(S(=O)(=O)NC(CN)C2CCCC2)cc1Br.Cl. The number of halogens is 2. The zero-order valence-corrected chi connectivity index (χ0v) is 15.6. The third-order valence-corrected chi connectivity index (χ3v) is 6.07. The van der Waals surface area contributed by atoms with E-state index in [1.54, 1.807) is 12.1 Å². The first-order chi connectivity index (χ1) is 9.97. The van der Waals surface area contributed by atoms with Crippen molar-refractivity contribution in [3.8, 4) is 5.75 Å². The molecule has 1 aliphatic carbocycles. The highest BCUT2D eigenvalue weighted by molar-refractivity contribution is 9.10. The highest BCUT2D eigenvalue weighted by Crippen LogP contribution is 2.30. The highest BCUT2D eigenvalue weighted by Gasteiger charge is 2.28. The van der Waals surface area contributed by atoms with Gasteiger partial charge in [0.15, 0.2) is 0 Å². The van der Waals surface area contributed by atoms with Crippen molar-refractivity contribution >= 4 is 38.4 Å². The van der Waals surface area contributed by atoms with Crippen LogP contribution in [0.25, 0.3) is 0 Å². The van der Waals surface area contributed by atoms with Gasteiger partial charge in [-0.3, -0.25) is 0 Å². The van der Waals surface area contributed by atoms with Crippen LogP contribution in [0, 0.1) is 5.92 Å². The Balaban J connectivity index is 0.00000242. The van der Waals surface area contributed by atoms with E-state index in [-0.39, 0.29) is 23.3 Å². The Morgan fingerprint density at radius 2 is 2.05 bits per heavy atom. The van der Waals surface area contributed by atoms with Gasteiger partial charge in [-0.2, -0.15) is 0 Å². The summed E-state index contributed by atoms with van der Waals surface area (Å²) < 4.78 is 33.4. The van der Waals surface area contributed by atoms with Gasteiger partial charge in [0.25, 0.3) is 0 Å². The number of hydrogen-bond donors (Lipinski definition) is 2. The molecule has 1 aliphatic rings. The average molecular weight is 414 g/mol. The second-order valence-corrected chi connectivity index (χ2v) is 7.87. The smallest absolute Gasteiger partial charge is 0.240 e. The van der Waals surface area contributed by atoms with Crippen molar-refractivity contribution in [3.05, 3.63) is 22.7 Å². The first-order valence-electron chi connectivity index (χ1n) is 7.04. The van der Waals surface area contributed by atoms with Crippen LogP contribution in [0.15, 0.2) is 27.6 Å². The van der Waals surface area contributed by atoms with Gasteiger partial charge in [-0.05, 0) is 52.9 Å². The van der Waals surface area contributed by atoms with Crippen LogP contribution in [-0.4, -0.2) is 28.1 Å². The summed E-state index contributed by atoms with van der Waals surface area (Å²) >= 11 is 3.31. The van der Waals surface area contributed by atoms with Crippen molar-refractivity contribution in [2.45, 2.75) is 36.6 Å². The molecule has 2 rings (SSSR count). The van der Waals surface area contributed by atoms with Crippen LogP contribution in [0.1, 0.15) is 25.7 Å². The Kier molecular flexibility index (Phi) is 7.61. The summed E-state index contributed by atoms with van der Waals surface area (Å²) in [4.78, 5) is 0.214. The van der Waals surface area contributed by atoms with Gasteiger partial charge in [-0.1, -0.05) is 12.8 Å². The normalized spacial score (nSPS) is 17.0. The van der Waals surface area contributed by atoms with Gasteiger partial charge in [0.1, 0.15) is 5.75 Å². The van der Waals surface area contributed by atoms with Gasteiger partial charge in [0.05, 0.1) is 16.5 Å². The van der Waals surface area contributed by atoms with Crippen LogP contribution in [0.5, 0.6) is 5.75 Å². The van der Waals surface area contributed by atoms with Crippen LogP contribution < -0.4 is 15.2 Å². The molecule has 1 saturated carbocycles. The maximum absolute atomic E-state index is 12.5. The predicted octanol–water partition coefficient (Wildman–Crippen LogP) is 2.68. The van der Waals surface area contributed by atoms with Crippen LogP contribution in [0.4, 0.5) is 0 Å². The summed E-state index contributed by atoms with van der Waals surface area (Å²) in [7, 11) is -2.03. The molecule has 0 bridgehead atoms. The molecule has 8 heteroatoms. The average Bonchev–Trinajstić information content (AvgIpc) is 2.98. The summed E-state index contributed by atoms with van der Waals surface area (Å²) in [6, 6.07) is 4.52. The molecule has 0 aromatic heterocycles. The zero-order chi connectivity index (χ0) is 15.5. The summed E-state index contributed by atoms with van der Waals surface area (Å²) in [6.07, 6.45) is 4.38. The molecule has 1 atom stereocenters. The van der Waals surface area contributed by atoms with E-state index >= 15 is 0 Å². The maximum Gasteiger partial charge on any atom is 0.240 e. The molecule has 1 aromatic rings. The fraction of sp³-hybridized carbons (Fsp3) is 0.571. The first-order valence-corrected chi connectivity index (χ1v) is 9.31. The molecular weight excluding hydrogens is 392 g/mol. The lowest BCUT2D eigenvalue weighted by Crippen LogP contribution is -2.44. The van der Waals surface area contributed by atoms with Crippen molar-refractivity contribution in [3.63, 3.8) is 0 Å². The standard InChI is InChI=1S/C14H21BrN2O3S.ClH/c1-20-14-7-6-11(8-12(14)15)21(18,19)17-13(9-16)10-4-2-3-5-10;/h6-8,10,13,17H,2-5,9,16H2,1H3;1H. The monoisotopic (exact) mass is 412 g/mol. The number of methoxy groups -OCH3 is 1. The van der Waals surface area contributed by atoms with E-state index in [0.29, 0.717) is 22.7 Å². The van der Waals surface area contributed by atoms with Crippen molar-refractivity contribution in [1.82, 2.24) is 4.72 Å². The van der Waals surface area contributed by atoms with E-state index in [1.165, 1.54) is 13.2 Å². The molecule has 1 unspecified atom stereocenters. The Bertz CT molecular complexity index is 592. The molecule has 0 spiro atoms. The number of sulfonamides is 1. The number of rotatable bonds is 6. The summed E-state index contributed by atoms with van der Waals surface area (Å²) in [5.74, 6) is 0.937. The summed E-state index contributed by atoms with van der Waals surface area (Å²) in [5.41, 5.74) is 5.76. The van der Waals surface area contributed by atoms with Gasteiger partial charge >= 0.3 is 0 Å². The van der Waals surface area contributed by atoms with Gasteiger partial charge in [0, 0.05) is 12.6 Å². The Morgan fingerprint density at radius 3 is 2.55 bits per heavy atom. The molecule has 1 fully saturated rings. The van der Waals surface area contributed by atoms with Gasteiger partial charge in [-0.25, -0.2) is 13.1 Å². The Hall–Kier alpha value is -0.340. The lowest BCUT2D eigenvalue weighted by Gasteiger charge is -2.23. The quantitative estimate of drug-likeness (QED) is 0.751. The second kappa shape index (κ2) is 8.49. The van der Waals surface area contributed by atoms with Crippen molar-refractivity contribution in [2.75, 3.05) is 13.7 Å². The minimum atomic E-state index is -3.57. The summed E-state index contributed by atoms with van der Waals surface area (Å²) in [6.45, 7) is 0.321. The fourth-order valence-electron chi connectivity index (χ4n) is 2.78. The molecule has 0 heterocycles. The van der Waals surface area contributed by atoms with Crippen molar-refractivity contribution < 1.29 is 13.2 Å². The molecule has 1 aromatic carbocycles. The van der Waals surface area contributed by atoms with E-state index < -0.39 is 10.0 Å². The molecule has 3 N–H and O–H groups in total. The molecule has 5 nitrogen and oxygen atoms in total. The first kappa shape index (κ1) is 19.7. The lowest BCUT2D eigenvalue weighted by atomic mass is 9.99. The number of nitrogens with two attached hydrogens (primary N) is 1. The second-order valence-electron chi connectivity index (χ2n) is 5.30. The van der Waals surface area contributed by atoms with Gasteiger partial charge < -0.3 is 10.5 Å². The third-order valence-electron chi connectivity index (χ3n) is 3.96. The van der Waals surface area contributed by atoms with Crippen LogP contribution >= 0.6 is 28.3 Å². The maximum atomic E-state index is 12.5. The molecule has 0 amide bonds. The number of nitrogens with one attached hydrogen (secondary N) is 1. The van der Waals surface area contributed by atoms with E-state index in [0.717, 1.165) is 25.7 Å². The number of hydrogen-bond acceptors (Lipinski definition) is 4. The molecule has 0 saturated heterocycles. The molecule has 0 radical (unpaired) electrons. The van der Waals surface area contributed by atoms with Crippen LogP contribution in [-0.2, 0) is 10.0 Å². The highest BCUT2D eigenvalue weighted by atomic mass is 79.9. The van der Waals surface area contributed by atoms with E-state index in [4.69, 9.17) is 10.5 Å². The Morgan fingerprint density at radius 1 is 1.41 bits per heavy atom. The topological polar surface area (TPSA) is 81.4 Å². The lowest BCUT2D eigenvalue weighted by molar-refractivity contribution is 0.405. The minimum Gasteiger partial charge on any atom is -0.496 e. The minimum absolute atomic E-state index is 0. The molecule has 22 heavy (non-hydrogen) atoms. The van der Waals surface area contributed by atoms with E-state index in [2.05, 4.69) is 20.7 Å². The van der Waals surface area contributed by atoms with E-state index in [1.807, 2.05) is 0 Å². The van der Waals surface area contributed by atoms with Crippen molar-refractivity contribution in [2.24, 2.45) is 11.7 Å². The Labute approximate surface area is 146 Å². The van der Waals surface area contributed by atoms with Crippen LogP contribution in [0.3, 0.4) is 0 Å². The number of benzene rings is 1. The zero-order valence-electron chi connectivity index (χ0n) is 12.4. The third kappa shape index (κ3) is 4.58. The molecule has 126 valence electrons. The summed E-state index contributed by atoms with van der Waals surface area (Å²) in [5, 5.41) is 0.